The van der Waals surface area contributed by atoms with E-state index in [1.54, 1.807) is 18.2 Å². The molecule has 1 heterocycles. The fraction of sp³-hybridized carbons (Fsp3) is 0.235. The number of carbonyl (C=O) groups excluding carboxylic acids is 1. The molecule has 2 aromatic carbocycles. The van der Waals surface area contributed by atoms with Gasteiger partial charge in [0.2, 0.25) is 10.0 Å². The van der Waals surface area contributed by atoms with Crippen LogP contribution in [0.4, 0.5) is 0 Å². The number of fused-ring (bicyclic) bond motifs is 1. The molecule has 1 aliphatic rings. The largest absolute Gasteiger partial charge is 0.486 e. The van der Waals surface area contributed by atoms with Crippen LogP contribution in [0.1, 0.15) is 10.4 Å². The molecule has 3 rings (SSSR count). The van der Waals surface area contributed by atoms with Gasteiger partial charge >= 0.3 is 5.97 Å². The smallest absolute Gasteiger partial charge is 0.337 e. The van der Waals surface area contributed by atoms with Crippen molar-refractivity contribution < 1.29 is 27.4 Å². The van der Waals surface area contributed by atoms with E-state index in [1.165, 1.54) is 25.3 Å². The minimum absolute atomic E-state index is 0.00342. The molecule has 26 heavy (non-hydrogen) atoms. The van der Waals surface area contributed by atoms with Crippen LogP contribution in [0.5, 0.6) is 11.5 Å². The number of hydrogen-bond donors (Lipinski definition) is 1. The van der Waals surface area contributed by atoms with Crippen molar-refractivity contribution in [3.63, 3.8) is 0 Å². The van der Waals surface area contributed by atoms with Gasteiger partial charge in [-0.05, 0) is 30.3 Å². The Morgan fingerprint density at radius 3 is 2.73 bits per heavy atom. The van der Waals surface area contributed by atoms with Crippen LogP contribution < -0.4 is 14.2 Å². The van der Waals surface area contributed by atoms with Crippen molar-refractivity contribution in [2.24, 2.45) is 0 Å². The highest BCUT2D eigenvalue weighted by molar-refractivity contribution is 7.89. The molecule has 7 nitrogen and oxygen atoms in total. The van der Waals surface area contributed by atoms with Crippen molar-refractivity contribution in [1.29, 1.82) is 0 Å². The first-order chi connectivity index (χ1) is 12.4. The normalized spacial score (nSPS) is 16.2. The second-order valence-corrected chi connectivity index (χ2v) is 7.63. The molecule has 0 radical (unpaired) electrons. The van der Waals surface area contributed by atoms with Crippen LogP contribution in [0.2, 0.25) is 5.02 Å². The summed E-state index contributed by atoms with van der Waals surface area (Å²) in [6, 6.07) is 11.0. The Balaban J connectivity index is 1.73. The molecular weight excluding hydrogens is 382 g/mol. The van der Waals surface area contributed by atoms with Gasteiger partial charge in [-0.1, -0.05) is 23.7 Å². The van der Waals surface area contributed by atoms with Gasteiger partial charge in [0.25, 0.3) is 0 Å². The van der Waals surface area contributed by atoms with Crippen molar-refractivity contribution in [2.75, 3.05) is 20.3 Å². The number of nitrogens with one attached hydrogen (secondary N) is 1. The highest BCUT2D eigenvalue weighted by Crippen LogP contribution is 2.31. The molecule has 0 bridgehead atoms. The van der Waals surface area contributed by atoms with Gasteiger partial charge in [-0.15, -0.1) is 0 Å². The Labute approximate surface area is 155 Å². The lowest BCUT2D eigenvalue weighted by Crippen LogP contribution is -2.40. The maximum Gasteiger partial charge on any atom is 0.337 e. The van der Waals surface area contributed by atoms with Gasteiger partial charge < -0.3 is 14.2 Å². The Morgan fingerprint density at radius 2 is 2.00 bits per heavy atom. The van der Waals surface area contributed by atoms with E-state index in [0.717, 1.165) is 0 Å². The summed E-state index contributed by atoms with van der Waals surface area (Å²) in [5, 5.41) is -0.00342. The van der Waals surface area contributed by atoms with Gasteiger partial charge in [0.05, 0.1) is 24.2 Å². The molecule has 0 amide bonds. The summed E-state index contributed by atoms with van der Waals surface area (Å²) in [6.07, 6.45) is -0.498. The minimum atomic E-state index is -3.96. The van der Waals surface area contributed by atoms with Crippen molar-refractivity contribution in [2.45, 2.75) is 11.0 Å². The third kappa shape index (κ3) is 3.92. The van der Waals surface area contributed by atoms with E-state index in [2.05, 4.69) is 9.46 Å². The van der Waals surface area contributed by atoms with Crippen LogP contribution in [-0.2, 0) is 14.8 Å². The molecule has 1 aliphatic heterocycles. The van der Waals surface area contributed by atoms with Crippen molar-refractivity contribution in [3.05, 3.63) is 53.1 Å². The maximum atomic E-state index is 12.6. The highest BCUT2D eigenvalue weighted by atomic mass is 35.5. The number of ether oxygens (including phenoxy) is 3. The molecule has 0 saturated carbocycles. The molecule has 2 aromatic rings. The lowest BCUT2D eigenvalue weighted by Gasteiger charge is -2.26. The van der Waals surface area contributed by atoms with Gasteiger partial charge in [-0.2, -0.15) is 0 Å². The van der Waals surface area contributed by atoms with Crippen LogP contribution in [-0.4, -0.2) is 40.8 Å². The first-order valence-electron chi connectivity index (χ1n) is 7.67. The summed E-state index contributed by atoms with van der Waals surface area (Å²) in [7, 11) is -2.75. The average Bonchev–Trinajstić information content (AvgIpc) is 2.66. The number of carbonyl (C=O) groups is 1. The number of rotatable bonds is 5. The average molecular weight is 398 g/mol. The Hall–Kier alpha value is -2.29. The first kappa shape index (κ1) is 18.5. The van der Waals surface area contributed by atoms with Crippen molar-refractivity contribution >= 4 is 27.6 Å². The lowest BCUT2D eigenvalue weighted by atomic mass is 10.2. The van der Waals surface area contributed by atoms with Crippen molar-refractivity contribution in [3.8, 4) is 11.5 Å². The second-order valence-electron chi connectivity index (χ2n) is 5.49. The van der Waals surface area contributed by atoms with Gasteiger partial charge in [0.1, 0.15) is 17.6 Å². The molecule has 1 atom stereocenters. The van der Waals surface area contributed by atoms with Gasteiger partial charge in [-0.25, -0.2) is 17.9 Å². The monoisotopic (exact) mass is 397 g/mol. The Bertz CT molecular complexity index is 931. The van der Waals surface area contributed by atoms with Crippen LogP contribution in [0.25, 0.3) is 0 Å². The summed E-state index contributed by atoms with van der Waals surface area (Å²) in [5.74, 6) is 0.507. The van der Waals surface area contributed by atoms with Crippen LogP contribution in [0.15, 0.2) is 47.4 Å². The molecule has 0 aliphatic carbocycles. The fourth-order valence-electron chi connectivity index (χ4n) is 2.40. The highest BCUT2D eigenvalue weighted by Gasteiger charge is 2.25. The molecule has 1 N–H and O–H groups in total. The summed E-state index contributed by atoms with van der Waals surface area (Å²) in [5.41, 5.74) is 0.0865. The molecule has 9 heteroatoms. The SMILES string of the molecule is COC(=O)c1ccc(Cl)c(S(=O)(=O)NC[C@H]2COc3ccccc3O2)c1. The number of methoxy groups -OCH3 is 1. The quantitative estimate of drug-likeness (QED) is 0.778. The third-order valence-corrected chi connectivity index (χ3v) is 5.62. The molecule has 0 fully saturated rings. The number of benzene rings is 2. The molecular formula is C17H16ClNO6S. The van der Waals surface area contributed by atoms with E-state index < -0.39 is 22.1 Å². The molecule has 138 valence electrons. The van der Waals surface area contributed by atoms with Gasteiger partial charge in [-0.3, -0.25) is 0 Å². The maximum absolute atomic E-state index is 12.6. The van der Waals surface area contributed by atoms with Gasteiger partial charge in [0, 0.05) is 0 Å². The first-order valence-corrected chi connectivity index (χ1v) is 9.53. The number of sulfonamides is 1. The number of hydrogen-bond acceptors (Lipinski definition) is 6. The predicted octanol–water partition coefficient (Wildman–Crippen LogP) is 2.24. The van der Waals surface area contributed by atoms with E-state index in [-0.39, 0.29) is 28.6 Å². The number of para-hydroxylation sites is 2. The van der Waals surface area contributed by atoms with Gasteiger partial charge in [0.15, 0.2) is 11.5 Å². The molecule has 0 unspecified atom stereocenters. The summed E-state index contributed by atoms with van der Waals surface area (Å²) >= 11 is 5.99. The number of esters is 1. The summed E-state index contributed by atoms with van der Waals surface area (Å²) in [4.78, 5) is 11.4. The zero-order chi connectivity index (χ0) is 18.7. The molecule has 0 spiro atoms. The lowest BCUT2D eigenvalue weighted by molar-refractivity contribution is 0.0600. The zero-order valence-corrected chi connectivity index (χ0v) is 15.3. The number of halogens is 1. The fourth-order valence-corrected chi connectivity index (χ4v) is 3.99. The Kier molecular flexibility index (Phi) is 5.36. The standard InChI is InChI=1S/C17H16ClNO6S/c1-23-17(20)11-6-7-13(18)16(8-11)26(21,22)19-9-12-10-24-14-4-2-3-5-15(14)25-12/h2-8,12,19H,9-10H2,1H3/t12-/m0/s1. The molecule has 0 aromatic heterocycles. The van der Waals surface area contributed by atoms with Crippen LogP contribution in [0.3, 0.4) is 0 Å². The van der Waals surface area contributed by atoms with E-state index in [9.17, 15) is 13.2 Å². The Morgan fingerprint density at radius 1 is 1.27 bits per heavy atom. The minimum Gasteiger partial charge on any atom is -0.486 e. The second kappa shape index (κ2) is 7.53. The topological polar surface area (TPSA) is 90.9 Å². The van der Waals surface area contributed by atoms with Crippen LogP contribution >= 0.6 is 11.6 Å². The van der Waals surface area contributed by atoms with E-state index in [1.807, 2.05) is 6.07 Å². The van der Waals surface area contributed by atoms with E-state index in [0.29, 0.717) is 11.5 Å². The zero-order valence-electron chi connectivity index (χ0n) is 13.8. The molecule has 0 saturated heterocycles. The van der Waals surface area contributed by atoms with Crippen LogP contribution in [0, 0.1) is 0 Å². The predicted molar refractivity (Wildman–Crippen MR) is 94.3 cm³/mol. The van der Waals surface area contributed by atoms with Crippen molar-refractivity contribution in [1.82, 2.24) is 4.72 Å². The summed E-state index contributed by atoms with van der Waals surface area (Å²) < 4.78 is 43.4. The van der Waals surface area contributed by atoms with E-state index in [4.69, 9.17) is 21.1 Å². The third-order valence-electron chi connectivity index (χ3n) is 3.71. The summed E-state index contributed by atoms with van der Waals surface area (Å²) in [6.45, 7) is 0.185. The van der Waals surface area contributed by atoms with E-state index >= 15 is 0 Å².